The standard InChI is InChI=1S/C92H182N4O8S/c1-19-21-23-25-27-29-31-33-35-37-39-41-43-45-47-49-51-53-55-57-59-61-63-65-67-69-91(79-71-83(3,4)93(97)84(5,6)72-79,80-73-85(7,8)94(98)86(9,10)74-80)103-105(101,102)104-92(81-75-87(11,12)95(99)88(13,14)76-81,82-77-89(15,16)96(100)90(17,18)78-82)70-68-66-64-62-60-58-56-54-52-50-48-46-44-42-40-38-36-34-32-30-28-26-24-22-20-2/h79-82,97-100H,19-78H2,1-18H3. The number of hydrogen-bond donors (Lipinski definition) is 4. The average molecular weight is 1500 g/mol. The Balaban J connectivity index is 1.51. The van der Waals surface area contributed by atoms with E-state index in [2.05, 4.69) is 125 Å². The number of piperidine rings is 4. The molecule has 0 aromatic rings. The van der Waals surface area contributed by atoms with Gasteiger partial charge in [0.2, 0.25) is 0 Å². The lowest BCUT2D eigenvalue weighted by molar-refractivity contribution is -0.288. The quantitative estimate of drug-likeness (QED) is 0.0430. The first-order valence-corrected chi connectivity index (χ1v) is 47.4. The Bertz CT molecular complexity index is 2060. The van der Waals surface area contributed by atoms with Gasteiger partial charge in [0.25, 0.3) is 0 Å². The lowest BCUT2D eigenvalue weighted by Gasteiger charge is -2.61. The summed E-state index contributed by atoms with van der Waals surface area (Å²) in [7, 11) is -4.91. The zero-order valence-electron chi connectivity index (χ0n) is 73.4. The molecule has 0 aliphatic carbocycles. The van der Waals surface area contributed by atoms with Crippen LogP contribution < -0.4 is 0 Å². The first-order chi connectivity index (χ1) is 49.4. The van der Waals surface area contributed by atoms with Crippen LogP contribution in [0.4, 0.5) is 0 Å². The number of hydroxylamine groups is 8. The van der Waals surface area contributed by atoms with Crippen LogP contribution in [-0.2, 0) is 18.8 Å². The molecule has 4 N–H and O–H groups in total. The Morgan fingerprint density at radius 2 is 0.352 bits per heavy atom. The molecule has 4 fully saturated rings. The van der Waals surface area contributed by atoms with Crippen LogP contribution in [0.5, 0.6) is 0 Å². The van der Waals surface area contributed by atoms with Gasteiger partial charge in [-0.1, -0.05) is 335 Å². The molecule has 0 spiro atoms. The van der Waals surface area contributed by atoms with Gasteiger partial charge in [0.1, 0.15) is 0 Å². The molecule has 0 bridgehead atoms. The van der Waals surface area contributed by atoms with Gasteiger partial charge in [-0.25, -0.2) is 8.37 Å². The van der Waals surface area contributed by atoms with Crippen LogP contribution >= 0.6 is 0 Å². The van der Waals surface area contributed by atoms with Crippen LogP contribution in [0.25, 0.3) is 0 Å². The molecular formula is C92H182N4O8S. The van der Waals surface area contributed by atoms with Gasteiger partial charge in [-0.2, -0.15) is 28.7 Å². The first-order valence-electron chi connectivity index (χ1n) is 46.0. The molecule has 105 heavy (non-hydrogen) atoms. The predicted molar refractivity (Wildman–Crippen MR) is 446 cm³/mol. The Morgan fingerprint density at radius 3 is 0.476 bits per heavy atom. The van der Waals surface area contributed by atoms with Crippen LogP contribution in [-0.4, -0.2) is 105 Å². The number of rotatable bonds is 60. The van der Waals surface area contributed by atoms with E-state index >= 15 is 8.42 Å². The van der Waals surface area contributed by atoms with E-state index in [1.165, 1.54) is 290 Å². The first kappa shape index (κ1) is 96.9. The molecular weight excluding hydrogens is 1320 g/mol. The molecule has 0 radical (unpaired) electrons. The molecule has 624 valence electrons. The molecule has 0 unspecified atom stereocenters. The van der Waals surface area contributed by atoms with Gasteiger partial charge in [0, 0.05) is 44.3 Å². The zero-order chi connectivity index (χ0) is 78.0. The van der Waals surface area contributed by atoms with Gasteiger partial charge in [0.15, 0.2) is 0 Å². The van der Waals surface area contributed by atoms with Gasteiger partial charge >= 0.3 is 10.4 Å². The highest BCUT2D eigenvalue weighted by Gasteiger charge is 2.64. The second-order valence-electron chi connectivity index (χ2n) is 41.1. The smallest absolute Gasteiger partial charge is 0.313 e. The van der Waals surface area contributed by atoms with E-state index in [1.807, 2.05) is 0 Å². The number of nitrogens with zero attached hydrogens (tertiary/aromatic N) is 4. The van der Waals surface area contributed by atoms with E-state index in [-0.39, 0.29) is 23.7 Å². The summed E-state index contributed by atoms with van der Waals surface area (Å²) in [4.78, 5) is 0. The maximum atomic E-state index is 16.8. The highest BCUT2D eigenvalue weighted by Crippen LogP contribution is 2.59. The number of hydrogen-bond acceptors (Lipinski definition) is 12. The van der Waals surface area contributed by atoms with Crippen molar-refractivity contribution in [2.75, 3.05) is 0 Å². The van der Waals surface area contributed by atoms with E-state index in [9.17, 15) is 20.8 Å². The molecule has 4 aliphatic rings. The summed E-state index contributed by atoms with van der Waals surface area (Å²) in [5.74, 6) is -1.17. The van der Waals surface area contributed by atoms with Gasteiger partial charge in [-0.3, -0.25) is 0 Å². The predicted octanol–water partition coefficient (Wildman–Crippen LogP) is 28.7. The van der Waals surface area contributed by atoms with Gasteiger partial charge < -0.3 is 20.8 Å². The zero-order valence-corrected chi connectivity index (χ0v) is 74.2. The molecule has 0 aromatic carbocycles. The van der Waals surface area contributed by atoms with Gasteiger partial charge in [-0.05, 0) is 199 Å². The minimum Gasteiger partial charge on any atom is -0.313 e. The summed E-state index contributed by atoms with van der Waals surface area (Å²) < 4.78 is 48.7. The summed E-state index contributed by atoms with van der Waals surface area (Å²) in [6.45, 7) is 38.0. The fourth-order valence-electron chi connectivity index (χ4n) is 21.8. The summed E-state index contributed by atoms with van der Waals surface area (Å²) in [5, 5.41) is 54.3. The van der Waals surface area contributed by atoms with E-state index in [1.54, 1.807) is 0 Å². The molecule has 0 aromatic heterocycles. The van der Waals surface area contributed by atoms with Crippen molar-refractivity contribution in [3.8, 4) is 0 Å². The van der Waals surface area contributed by atoms with E-state index in [0.717, 1.165) is 51.4 Å². The largest absolute Gasteiger partial charge is 0.400 e. The van der Waals surface area contributed by atoms with Gasteiger partial charge in [0.05, 0.1) is 11.2 Å². The lowest BCUT2D eigenvalue weighted by Crippen LogP contribution is -2.68. The van der Waals surface area contributed by atoms with Crippen molar-refractivity contribution in [2.24, 2.45) is 23.7 Å². The van der Waals surface area contributed by atoms with Crippen molar-refractivity contribution in [2.45, 2.75) is 565 Å². The number of unbranched alkanes of at least 4 members (excludes halogenated alkanes) is 48. The van der Waals surface area contributed by atoms with E-state index < -0.39 is 65.9 Å². The van der Waals surface area contributed by atoms with Crippen LogP contribution in [0, 0.1) is 23.7 Å². The van der Waals surface area contributed by atoms with Crippen LogP contribution in [0.15, 0.2) is 0 Å². The van der Waals surface area contributed by atoms with Crippen molar-refractivity contribution >= 4 is 10.4 Å². The summed E-state index contributed by atoms with van der Waals surface area (Å²) in [6, 6.07) is 0. The van der Waals surface area contributed by atoms with Crippen molar-refractivity contribution in [3.63, 3.8) is 0 Å². The highest BCUT2D eigenvalue weighted by atomic mass is 32.3. The molecule has 4 rings (SSSR count). The maximum absolute atomic E-state index is 16.8. The van der Waals surface area contributed by atoms with E-state index in [4.69, 9.17) is 8.37 Å². The summed E-state index contributed by atoms with van der Waals surface area (Å²) in [5.41, 5.74) is -8.18. The molecule has 0 atom stereocenters. The van der Waals surface area contributed by atoms with Crippen molar-refractivity contribution in [1.82, 2.24) is 20.3 Å². The monoisotopic (exact) mass is 1500 g/mol. The summed E-state index contributed by atoms with van der Waals surface area (Å²) in [6.07, 6.45) is 71.0. The Morgan fingerprint density at radius 1 is 0.238 bits per heavy atom. The second-order valence-corrected chi connectivity index (χ2v) is 42.3. The molecule has 13 heteroatoms. The third kappa shape index (κ3) is 33.1. The van der Waals surface area contributed by atoms with Crippen LogP contribution in [0.2, 0.25) is 0 Å². The molecule has 4 saturated heterocycles. The molecule has 0 saturated carbocycles. The fraction of sp³-hybridized carbons (Fsp3) is 1.00. The Kier molecular flexibility index (Phi) is 43.8. The topological polar surface area (TPSA) is 146 Å². The minimum atomic E-state index is -4.91. The summed E-state index contributed by atoms with van der Waals surface area (Å²) >= 11 is 0. The minimum absolute atomic E-state index is 0.292. The van der Waals surface area contributed by atoms with Crippen LogP contribution in [0.3, 0.4) is 0 Å². The third-order valence-electron chi connectivity index (χ3n) is 27.2. The lowest BCUT2D eigenvalue weighted by atomic mass is 9.58. The average Bonchev–Trinajstić information content (AvgIpc) is 0.723. The highest BCUT2D eigenvalue weighted by molar-refractivity contribution is 7.82. The van der Waals surface area contributed by atoms with Crippen molar-refractivity contribution in [1.29, 1.82) is 0 Å². The normalized spacial score (nSPS) is 21.5. The molecule has 0 amide bonds. The SMILES string of the molecule is CCCCCCCCCCCCCCCCCCCCCCCCCCCC(OS(=O)(=O)OC(CCCCCCCCCCCCCCCCCCCCCCCCCCC)(C1CC(C)(C)N(O)C(C)(C)C1)C1CC(C)(C)N(O)C(C)(C)C1)(C1CC(C)(C)N(O)C(C)(C)C1)C1CC(C)(C)N(O)C(C)(C)C1. The van der Waals surface area contributed by atoms with Crippen LogP contribution in [0.1, 0.15) is 510 Å². The third-order valence-corrected chi connectivity index (χ3v) is 28.2. The Hall–Kier alpha value is -0.450. The second kappa shape index (κ2) is 47.4. The Labute approximate surface area is 653 Å². The molecule has 12 nitrogen and oxygen atoms in total. The van der Waals surface area contributed by atoms with E-state index in [0.29, 0.717) is 64.2 Å². The molecule has 4 aliphatic heterocycles. The maximum Gasteiger partial charge on any atom is 0.400 e. The van der Waals surface area contributed by atoms with Crippen molar-refractivity contribution < 1.29 is 37.6 Å². The fourth-order valence-corrected chi connectivity index (χ4v) is 23.3. The molecule has 4 heterocycles. The van der Waals surface area contributed by atoms with Crippen molar-refractivity contribution in [3.05, 3.63) is 0 Å². The van der Waals surface area contributed by atoms with Gasteiger partial charge in [-0.15, -0.1) is 0 Å².